The summed E-state index contributed by atoms with van der Waals surface area (Å²) in [6.45, 7) is 5.48. The molecule has 1 saturated heterocycles. The zero-order valence-electron chi connectivity index (χ0n) is 20.4. The monoisotopic (exact) mass is 479 g/mol. The molecule has 3 atom stereocenters. The van der Waals surface area contributed by atoms with Crippen molar-refractivity contribution in [2.75, 3.05) is 4.90 Å². The number of benzene rings is 3. The maximum atomic E-state index is 15.6. The van der Waals surface area contributed by atoms with Gasteiger partial charge in [-0.1, -0.05) is 93.6 Å². The van der Waals surface area contributed by atoms with Gasteiger partial charge in [-0.2, -0.15) is 0 Å². The molecule has 0 saturated carbocycles. The molecule has 4 nitrogen and oxygen atoms in total. The Morgan fingerprint density at radius 2 is 1.44 bits per heavy atom. The van der Waals surface area contributed by atoms with Crippen molar-refractivity contribution in [1.29, 1.82) is 0 Å². The van der Waals surface area contributed by atoms with E-state index in [0.717, 1.165) is 11.3 Å². The van der Waals surface area contributed by atoms with Gasteiger partial charge in [-0.25, -0.2) is 4.39 Å². The highest BCUT2D eigenvalue weighted by molar-refractivity contribution is 6.32. The number of hydrogen-bond donors (Lipinski definition) is 0. The molecule has 0 unspecified atom stereocenters. The Balaban J connectivity index is 1.72. The molecule has 0 amide bonds. The molecule has 3 aromatic carbocycles. The van der Waals surface area contributed by atoms with Gasteiger partial charge in [0.1, 0.15) is 11.2 Å². The fourth-order valence-corrected chi connectivity index (χ4v) is 6.43. The maximum absolute atomic E-state index is 15.6. The van der Waals surface area contributed by atoms with Crippen molar-refractivity contribution in [2.45, 2.75) is 38.8 Å². The van der Waals surface area contributed by atoms with E-state index in [2.05, 4.69) is 0 Å². The van der Waals surface area contributed by atoms with E-state index in [1.54, 1.807) is 42.5 Å². The van der Waals surface area contributed by atoms with Crippen molar-refractivity contribution in [3.63, 3.8) is 0 Å². The third-order valence-corrected chi connectivity index (χ3v) is 7.96. The number of rotatable bonds is 2. The summed E-state index contributed by atoms with van der Waals surface area (Å²) in [6, 6.07) is 19.0. The van der Waals surface area contributed by atoms with Crippen molar-refractivity contribution in [3.05, 3.63) is 107 Å². The van der Waals surface area contributed by atoms with E-state index in [0.29, 0.717) is 11.1 Å². The van der Waals surface area contributed by atoms with Crippen LogP contribution in [0, 0.1) is 16.6 Å². The number of Topliss-reactive ketones (excluding diaryl/α,β-unsaturated/α-hetero) is 3. The van der Waals surface area contributed by atoms with Crippen LogP contribution < -0.4 is 4.90 Å². The lowest BCUT2D eigenvalue weighted by molar-refractivity contribution is -0.127. The molecule has 36 heavy (non-hydrogen) atoms. The maximum Gasteiger partial charge on any atom is 0.180 e. The van der Waals surface area contributed by atoms with Crippen molar-refractivity contribution in [2.24, 2.45) is 10.8 Å². The molecule has 1 fully saturated rings. The minimum Gasteiger partial charge on any atom is -0.352 e. The van der Waals surface area contributed by atoms with Crippen LogP contribution in [-0.4, -0.2) is 29.4 Å². The molecule has 1 spiro atoms. The second-order valence-corrected chi connectivity index (χ2v) is 10.9. The van der Waals surface area contributed by atoms with Gasteiger partial charge in [0.25, 0.3) is 0 Å². The van der Waals surface area contributed by atoms with E-state index >= 15 is 4.39 Å². The second kappa shape index (κ2) is 7.57. The molecule has 3 aliphatic rings. The van der Waals surface area contributed by atoms with Crippen LogP contribution in [0.1, 0.15) is 58.5 Å². The van der Waals surface area contributed by atoms with E-state index in [4.69, 9.17) is 0 Å². The van der Waals surface area contributed by atoms with Crippen LogP contribution in [-0.2, 0) is 4.79 Å². The Bertz CT molecular complexity index is 1450. The van der Waals surface area contributed by atoms with Crippen molar-refractivity contribution in [1.82, 2.24) is 0 Å². The van der Waals surface area contributed by atoms with Crippen molar-refractivity contribution >= 4 is 29.1 Å². The topological polar surface area (TPSA) is 54.5 Å². The van der Waals surface area contributed by atoms with Crippen molar-refractivity contribution < 1.29 is 18.8 Å². The number of carbonyl (C=O) groups excluding carboxylic acids is 3. The largest absolute Gasteiger partial charge is 0.352 e. The van der Waals surface area contributed by atoms with Crippen LogP contribution in [0.3, 0.4) is 0 Å². The van der Waals surface area contributed by atoms with Gasteiger partial charge in [-0.15, -0.1) is 0 Å². The highest BCUT2D eigenvalue weighted by atomic mass is 19.1. The third kappa shape index (κ3) is 2.77. The number of nitrogens with zero attached hydrogens (tertiary/aromatic N) is 1. The molecule has 0 bridgehead atoms. The summed E-state index contributed by atoms with van der Waals surface area (Å²) >= 11 is 0. The fraction of sp³-hybridized carbons (Fsp3) is 0.258. The second-order valence-electron chi connectivity index (χ2n) is 10.9. The number of halogens is 1. The number of fused-ring (bicyclic) bond motifs is 5. The van der Waals surface area contributed by atoms with Crippen LogP contribution in [0.4, 0.5) is 10.1 Å². The molecular weight excluding hydrogens is 453 g/mol. The van der Waals surface area contributed by atoms with Gasteiger partial charge < -0.3 is 4.90 Å². The SMILES string of the molecule is CC(C)(C)C(=O)[C@@H]1[C@H](c2ccccc2F)C2(C(=O)c3ccccc3C2=O)[C@H]2C=Cc3ccccc3N12. The predicted molar refractivity (Wildman–Crippen MR) is 137 cm³/mol. The molecular formula is C31H26FNO3. The number of carbonyl (C=O) groups is 3. The number of ketones is 3. The highest BCUT2D eigenvalue weighted by Crippen LogP contribution is 2.61. The first kappa shape index (κ1) is 22.6. The summed E-state index contributed by atoms with van der Waals surface area (Å²) in [7, 11) is 0. The van der Waals surface area contributed by atoms with E-state index in [1.807, 2.05) is 62.1 Å². The normalized spacial score (nSPS) is 23.6. The smallest absolute Gasteiger partial charge is 0.180 e. The van der Waals surface area contributed by atoms with E-state index in [-0.39, 0.29) is 22.9 Å². The zero-order chi connectivity index (χ0) is 25.4. The third-order valence-electron chi connectivity index (χ3n) is 7.96. The molecule has 2 heterocycles. The molecule has 0 aromatic heterocycles. The minimum atomic E-state index is -1.67. The van der Waals surface area contributed by atoms with Crippen LogP contribution in [0.2, 0.25) is 0 Å². The van der Waals surface area contributed by atoms with Gasteiger partial charge >= 0.3 is 0 Å². The van der Waals surface area contributed by atoms with Gasteiger partial charge in [0.2, 0.25) is 0 Å². The first-order valence-corrected chi connectivity index (χ1v) is 12.2. The fourth-order valence-electron chi connectivity index (χ4n) is 6.43. The number of para-hydroxylation sites is 1. The molecule has 0 radical (unpaired) electrons. The molecule has 2 aliphatic heterocycles. The van der Waals surface area contributed by atoms with Gasteiger partial charge in [-0.05, 0) is 23.3 Å². The standard InChI is InChI=1S/C31H26FNO3/c1-30(2,3)29(36)26-25(21-13-7-8-14-22(21)32)31(27(34)19-11-5-6-12-20(19)28(31)35)24-17-16-18-10-4-9-15-23(18)33(24)26/h4-17,24-26H,1-3H3/t24-,25+,26+/m1/s1. The molecule has 0 N–H and O–H groups in total. The van der Waals surface area contributed by atoms with E-state index in [9.17, 15) is 14.4 Å². The Hall–Kier alpha value is -3.86. The quantitative estimate of drug-likeness (QED) is 0.431. The predicted octanol–water partition coefficient (Wildman–Crippen LogP) is 5.87. The van der Waals surface area contributed by atoms with Gasteiger partial charge in [-0.3, -0.25) is 14.4 Å². The lowest BCUT2D eigenvalue weighted by atomic mass is 9.63. The van der Waals surface area contributed by atoms with Crippen molar-refractivity contribution in [3.8, 4) is 0 Å². The summed E-state index contributed by atoms with van der Waals surface area (Å²) in [6.07, 6.45) is 3.76. The summed E-state index contributed by atoms with van der Waals surface area (Å²) in [5, 5.41) is 0. The van der Waals surface area contributed by atoms with Crippen LogP contribution >= 0.6 is 0 Å². The summed E-state index contributed by atoms with van der Waals surface area (Å²) in [5.74, 6) is -2.36. The molecule has 5 heteroatoms. The van der Waals surface area contributed by atoms with Crippen LogP contribution in [0.15, 0.2) is 78.9 Å². The Morgan fingerprint density at radius 3 is 2.08 bits per heavy atom. The Kier molecular flexibility index (Phi) is 4.75. The zero-order valence-corrected chi connectivity index (χ0v) is 20.4. The summed E-state index contributed by atoms with van der Waals surface area (Å²) in [4.78, 5) is 45.0. The number of anilines is 1. The first-order valence-electron chi connectivity index (χ1n) is 12.2. The first-order chi connectivity index (χ1) is 17.2. The molecule has 6 rings (SSSR count). The Labute approximate surface area is 209 Å². The van der Waals surface area contributed by atoms with Gasteiger partial charge in [0.05, 0.1) is 12.1 Å². The highest BCUT2D eigenvalue weighted by Gasteiger charge is 2.72. The lowest BCUT2D eigenvalue weighted by Gasteiger charge is -2.38. The minimum absolute atomic E-state index is 0.140. The average Bonchev–Trinajstić information content (AvgIpc) is 3.30. The van der Waals surface area contributed by atoms with Crippen LogP contribution in [0.25, 0.3) is 6.08 Å². The van der Waals surface area contributed by atoms with Gasteiger partial charge in [0, 0.05) is 28.1 Å². The molecule has 3 aromatic rings. The average molecular weight is 480 g/mol. The van der Waals surface area contributed by atoms with Crippen LogP contribution in [0.5, 0.6) is 0 Å². The lowest BCUT2D eigenvalue weighted by Crippen LogP contribution is -2.49. The summed E-state index contributed by atoms with van der Waals surface area (Å²) in [5.41, 5.74) is 0.0802. The van der Waals surface area contributed by atoms with Gasteiger partial charge in [0.15, 0.2) is 17.3 Å². The summed E-state index contributed by atoms with van der Waals surface area (Å²) < 4.78 is 15.6. The molecule has 1 aliphatic carbocycles. The molecule has 180 valence electrons. The van der Waals surface area contributed by atoms with E-state index < -0.39 is 34.6 Å². The van der Waals surface area contributed by atoms with E-state index in [1.165, 1.54) is 6.07 Å². The Morgan fingerprint density at radius 1 is 0.861 bits per heavy atom. The number of hydrogen-bond acceptors (Lipinski definition) is 4.